The molecule has 1 heterocycles. The molecule has 17 heavy (non-hydrogen) atoms. The molecule has 0 atom stereocenters. The molecule has 94 valence electrons. The van der Waals surface area contributed by atoms with Crippen molar-refractivity contribution in [3.63, 3.8) is 0 Å². The largest absolute Gasteiger partial charge is 0.477 e. The van der Waals surface area contributed by atoms with Crippen LogP contribution >= 0.6 is 11.6 Å². The second kappa shape index (κ2) is 4.64. The number of aliphatic hydroxyl groups is 2. The van der Waals surface area contributed by atoms with Crippen molar-refractivity contribution in [1.29, 1.82) is 0 Å². The average molecular weight is 260 g/mol. The maximum absolute atomic E-state index is 9.60. The molecule has 0 unspecified atom stereocenters. The lowest BCUT2D eigenvalue weighted by molar-refractivity contribution is -0.115. The van der Waals surface area contributed by atoms with Crippen molar-refractivity contribution in [2.24, 2.45) is 5.92 Å². The Balaban J connectivity index is 1.83. The Labute approximate surface area is 103 Å². The molecule has 2 rings (SSSR count). The first-order chi connectivity index (χ1) is 8.00. The fraction of sp³-hybridized carbons (Fsp3) is 0.600. The van der Waals surface area contributed by atoms with E-state index in [1.54, 1.807) is 0 Å². The van der Waals surface area contributed by atoms with E-state index in [0.717, 1.165) is 0 Å². The van der Waals surface area contributed by atoms with E-state index >= 15 is 0 Å². The van der Waals surface area contributed by atoms with Crippen molar-refractivity contribution in [1.82, 2.24) is 9.97 Å². The fourth-order valence-corrected chi connectivity index (χ4v) is 2.13. The van der Waals surface area contributed by atoms with Crippen molar-refractivity contribution in [2.45, 2.75) is 18.4 Å². The molecule has 0 amide bonds. The van der Waals surface area contributed by atoms with E-state index in [9.17, 15) is 5.11 Å². The molecule has 1 fully saturated rings. The van der Waals surface area contributed by atoms with Crippen LogP contribution in [0.15, 0.2) is 6.07 Å². The molecule has 4 N–H and O–H groups in total. The zero-order chi connectivity index (χ0) is 12.5. The molecule has 6 nitrogen and oxygen atoms in total. The molecule has 1 aliphatic carbocycles. The number of nitrogen functional groups attached to an aromatic ring is 1. The lowest BCUT2D eigenvalue weighted by Crippen LogP contribution is -2.48. The van der Waals surface area contributed by atoms with Gasteiger partial charge in [0.2, 0.25) is 11.8 Å². The first-order valence-corrected chi connectivity index (χ1v) is 5.65. The number of rotatable bonds is 4. The normalized spacial score (nSPS) is 27.6. The number of halogens is 1. The lowest BCUT2D eigenvalue weighted by Gasteiger charge is -2.41. The molecule has 7 heteroatoms. The minimum absolute atomic E-state index is 0.0629. The highest BCUT2D eigenvalue weighted by Gasteiger charge is 2.42. The van der Waals surface area contributed by atoms with Crippen LogP contribution in [0.25, 0.3) is 0 Å². The average Bonchev–Trinajstić information content (AvgIpc) is 2.21. The van der Waals surface area contributed by atoms with Gasteiger partial charge in [-0.25, -0.2) is 4.98 Å². The van der Waals surface area contributed by atoms with Crippen molar-refractivity contribution in [3.8, 4) is 5.88 Å². The Morgan fingerprint density at radius 2 is 2.24 bits per heavy atom. The molecule has 0 bridgehead atoms. The van der Waals surface area contributed by atoms with Crippen LogP contribution in [-0.4, -0.2) is 39.0 Å². The van der Waals surface area contributed by atoms with Crippen molar-refractivity contribution < 1.29 is 14.9 Å². The van der Waals surface area contributed by atoms with Crippen LogP contribution in [-0.2, 0) is 0 Å². The van der Waals surface area contributed by atoms with Crippen LogP contribution < -0.4 is 10.5 Å². The van der Waals surface area contributed by atoms with Crippen molar-refractivity contribution >= 4 is 17.5 Å². The first-order valence-electron chi connectivity index (χ1n) is 5.27. The Morgan fingerprint density at radius 3 is 2.82 bits per heavy atom. The van der Waals surface area contributed by atoms with Crippen LogP contribution in [0, 0.1) is 5.92 Å². The summed E-state index contributed by atoms with van der Waals surface area (Å²) in [6.45, 7) is 0.199. The molecule has 1 saturated carbocycles. The molecule has 0 aliphatic heterocycles. The number of aromatic nitrogens is 2. The number of anilines is 1. The standard InChI is InChI=1S/C10H14ClN3O3/c11-7-1-8(14-9(12)13-7)17-4-6-2-10(16,3-6)5-15/h1,6,15-16H,2-5H2,(H2,12,13,14). The molecule has 0 spiro atoms. The molecule has 1 aromatic heterocycles. The molecule has 1 aliphatic rings. The Kier molecular flexibility index (Phi) is 3.37. The smallest absolute Gasteiger partial charge is 0.224 e. The number of hydrogen-bond donors (Lipinski definition) is 3. The first kappa shape index (κ1) is 12.3. The number of aliphatic hydroxyl groups excluding tert-OH is 1. The Hall–Kier alpha value is -1.11. The molecule has 1 aromatic rings. The van der Waals surface area contributed by atoms with Gasteiger partial charge in [-0.1, -0.05) is 11.6 Å². The van der Waals surface area contributed by atoms with Gasteiger partial charge in [0.1, 0.15) is 5.15 Å². The number of nitrogens with zero attached hydrogens (tertiary/aromatic N) is 2. The minimum atomic E-state index is -0.934. The van der Waals surface area contributed by atoms with Gasteiger partial charge in [0.25, 0.3) is 0 Å². The third-order valence-electron chi connectivity index (χ3n) is 2.79. The zero-order valence-electron chi connectivity index (χ0n) is 9.14. The molecule has 0 saturated heterocycles. The van der Waals surface area contributed by atoms with Crippen LogP contribution in [0.2, 0.25) is 5.15 Å². The maximum Gasteiger partial charge on any atom is 0.224 e. The highest BCUT2D eigenvalue weighted by Crippen LogP contribution is 2.37. The van der Waals surface area contributed by atoms with Gasteiger partial charge in [-0.3, -0.25) is 0 Å². The van der Waals surface area contributed by atoms with Gasteiger partial charge in [-0.05, 0) is 18.8 Å². The number of ether oxygens (including phenoxy) is 1. The quantitative estimate of drug-likeness (QED) is 0.669. The van der Waals surface area contributed by atoms with Gasteiger partial charge in [0, 0.05) is 6.07 Å². The second-order valence-corrected chi connectivity index (χ2v) is 4.74. The van der Waals surface area contributed by atoms with Crippen molar-refractivity contribution in [3.05, 3.63) is 11.2 Å². The maximum atomic E-state index is 9.60. The summed E-state index contributed by atoms with van der Waals surface area (Å²) in [7, 11) is 0. The zero-order valence-corrected chi connectivity index (χ0v) is 9.89. The summed E-state index contributed by atoms with van der Waals surface area (Å²) in [5.74, 6) is 0.594. The third-order valence-corrected chi connectivity index (χ3v) is 2.98. The summed E-state index contributed by atoms with van der Waals surface area (Å²) in [6, 6.07) is 1.48. The highest BCUT2D eigenvalue weighted by atomic mass is 35.5. The van der Waals surface area contributed by atoms with Crippen molar-refractivity contribution in [2.75, 3.05) is 18.9 Å². The van der Waals surface area contributed by atoms with E-state index < -0.39 is 5.60 Å². The van der Waals surface area contributed by atoms with Crippen LogP contribution in [0.1, 0.15) is 12.8 Å². The number of nitrogens with two attached hydrogens (primary N) is 1. The van der Waals surface area contributed by atoms with E-state index in [2.05, 4.69) is 9.97 Å². The third kappa shape index (κ3) is 2.96. The Morgan fingerprint density at radius 1 is 1.53 bits per heavy atom. The summed E-state index contributed by atoms with van der Waals surface area (Å²) in [4.78, 5) is 7.58. The topological polar surface area (TPSA) is 101 Å². The Bertz CT molecular complexity index is 390. The van der Waals surface area contributed by atoms with Gasteiger partial charge in [0.05, 0.1) is 18.8 Å². The van der Waals surface area contributed by atoms with Crippen LogP contribution in [0.4, 0.5) is 5.95 Å². The molecule has 0 radical (unpaired) electrons. The number of hydrogen-bond acceptors (Lipinski definition) is 6. The monoisotopic (exact) mass is 259 g/mol. The summed E-state index contributed by atoms with van der Waals surface area (Å²) < 4.78 is 5.40. The van der Waals surface area contributed by atoms with Crippen LogP contribution in [0.3, 0.4) is 0 Å². The van der Waals surface area contributed by atoms with E-state index in [1.807, 2.05) is 0 Å². The predicted octanol–water partition coefficient (Wildman–Crippen LogP) is 0.224. The predicted molar refractivity (Wildman–Crippen MR) is 61.7 cm³/mol. The second-order valence-electron chi connectivity index (χ2n) is 4.35. The minimum Gasteiger partial charge on any atom is -0.477 e. The van der Waals surface area contributed by atoms with E-state index in [0.29, 0.717) is 25.3 Å². The molecular weight excluding hydrogens is 246 g/mol. The summed E-state index contributed by atoms with van der Waals surface area (Å²) in [6.07, 6.45) is 1.05. The highest BCUT2D eigenvalue weighted by molar-refractivity contribution is 6.29. The van der Waals surface area contributed by atoms with E-state index in [-0.39, 0.29) is 23.6 Å². The van der Waals surface area contributed by atoms with Crippen LogP contribution in [0.5, 0.6) is 5.88 Å². The van der Waals surface area contributed by atoms with E-state index in [1.165, 1.54) is 6.07 Å². The van der Waals surface area contributed by atoms with Gasteiger partial charge in [-0.15, -0.1) is 0 Å². The summed E-state index contributed by atoms with van der Waals surface area (Å²) >= 11 is 5.70. The summed E-state index contributed by atoms with van der Waals surface area (Å²) in [5, 5.41) is 18.7. The lowest BCUT2D eigenvalue weighted by atomic mass is 9.72. The van der Waals surface area contributed by atoms with Gasteiger partial charge in [-0.2, -0.15) is 4.98 Å². The molecule has 0 aromatic carbocycles. The SMILES string of the molecule is Nc1nc(Cl)cc(OCC2CC(O)(CO)C2)n1. The fourth-order valence-electron chi connectivity index (χ4n) is 1.95. The van der Waals surface area contributed by atoms with Gasteiger partial charge >= 0.3 is 0 Å². The van der Waals surface area contributed by atoms with E-state index in [4.69, 9.17) is 27.2 Å². The van der Waals surface area contributed by atoms with Gasteiger partial charge in [0.15, 0.2) is 0 Å². The summed E-state index contributed by atoms with van der Waals surface area (Å²) in [5.41, 5.74) is 4.48. The van der Waals surface area contributed by atoms with Gasteiger partial charge < -0.3 is 20.7 Å². The molecular formula is C10H14ClN3O3.